The van der Waals surface area contributed by atoms with Crippen LogP contribution in [-0.2, 0) is 22.8 Å². The Kier molecular flexibility index (Phi) is 13.7. The molecule has 1 atom stereocenters. The Morgan fingerprint density at radius 3 is 2.03 bits per heavy atom. The van der Waals surface area contributed by atoms with Gasteiger partial charge >= 0.3 is 20.7 Å². The molecule has 0 N–H and O–H groups in total. The molecule has 39 heavy (non-hydrogen) atoms. The number of unbranched alkanes of at least 4 members (excludes halogenated alkanes) is 1. The average molecular weight is 561 g/mol. The van der Waals surface area contributed by atoms with Gasteiger partial charge in [-0.1, -0.05) is 19.8 Å². The van der Waals surface area contributed by atoms with E-state index in [2.05, 4.69) is 11.7 Å². The Morgan fingerprint density at radius 2 is 1.49 bits per heavy atom. The molecular formula is C29H40O9Si. The van der Waals surface area contributed by atoms with Crippen LogP contribution in [0.2, 0.25) is 0 Å². The van der Waals surface area contributed by atoms with Crippen molar-refractivity contribution < 1.29 is 41.8 Å². The van der Waals surface area contributed by atoms with Crippen LogP contribution in [0.1, 0.15) is 62.9 Å². The molecule has 10 heteroatoms. The predicted octanol–water partition coefficient (Wildman–Crippen LogP) is 5.63. The summed E-state index contributed by atoms with van der Waals surface area (Å²) in [7, 11) is -0.328. The Morgan fingerprint density at radius 1 is 0.872 bits per heavy atom. The lowest BCUT2D eigenvalue weighted by atomic mass is 10.1. The summed E-state index contributed by atoms with van der Waals surface area (Å²) < 4.78 is 40.1. The Hall–Kier alpha value is -3.18. The van der Waals surface area contributed by atoms with E-state index in [-0.39, 0.29) is 5.73 Å². The van der Waals surface area contributed by atoms with Gasteiger partial charge in [0.05, 0.1) is 19.8 Å². The van der Waals surface area contributed by atoms with E-state index in [9.17, 15) is 9.59 Å². The van der Waals surface area contributed by atoms with Gasteiger partial charge in [0.1, 0.15) is 17.2 Å². The van der Waals surface area contributed by atoms with Crippen LogP contribution in [0.15, 0.2) is 48.5 Å². The standard InChI is InChI=1S/C29H40O9Si/c1-7-11-12-28(39(34-8-2,35-9-3)36-10-4)37-24-17-14-23(15-18-24)29(31)38-25-19-13-22(26(21-25)32-5)16-20-27(30)33-6/h13-21,28H,7-12H2,1-6H3/b20-16+. The van der Waals surface area contributed by atoms with Crippen LogP contribution in [-0.4, -0.2) is 60.5 Å². The highest BCUT2D eigenvalue weighted by Gasteiger charge is 2.51. The summed E-state index contributed by atoms with van der Waals surface area (Å²) in [6.07, 6.45) is 5.48. The van der Waals surface area contributed by atoms with Gasteiger partial charge in [0.2, 0.25) is 0 Å². The number of hydrogen-bond donors (Lipinski definition) is 0. The fourth-order valence-electron chi connectivity index (χ4n) is 3.82. The lowest BCUT2D eigenvalue weighted by Gasteiger charge is -2.35. The molecule has 9 nitrogen and oxygen atoms in total. The van der Waals surface area contributed by atoms with Crippen molar-refractivity contribution in [1.82, 2.24) is 0 Å². The van der Waals surface area contributed by atoms with Crippen molar-refractivity contribution in [2.75, 3.05) is 34.0 Å². The molecule has 0 radical (unpaired) electrons. The highest BCUT2D eigenvalue weighted by atomic mass is 28.4. The first-order valence-electron chi connectivity index (χ1n) is 13.2. The Labute approximate surface area is 232 Å². The van der Waals surface area contributed by atoms with Gasteiger partial charge in [-0.05, 0) is 69.7 Å². The zero-order valence-corrected chi connectivity index (χ0v) is 24.7. The summed E-state index contributed by atoms with van der Waals surface area (Å²) in [5, 5.41) is 0. The van der Waals surface area contributed by atoms with Crippen LogP contribution in [0.5, 0.6) is 17.2 Å². The Balaban J connectivity index is 2.18. The van der Waals surface area contributed by atoms with E-state index < -0.39 is 20.7 Å². The monoisotopic (exact) mass is 560 g/mol. The van der Waals surface area contributed by atoms with E-state index in [1.807, 2.05) is 20.8 Å². The molecule has 0 aliphatic rings. The third-order valence-corrected chi connectivity index (χ3v) is 8.90. The van der Waals surface area contributed by atoms with Crippen molar-refractivity contribution >= 4 is 26.8 Å². The highest BCUT2D eigenvalue weighted by Crippen LogP contribution is 2.28. The molecule has 0 aromatic heterocycles. The maximum absolute atomic E-state index is 12.8. The molecule has 0 aliphatic carbocycles. The number of rotatable bonds is 17. The highest BCUT2D eigenvalue weighted by molar-refractivity contribution is 6.62. The van der Waals surface area contributed by atoms with E-state index in [1.54, 1.807) is 48.5 Å². The molecule has 0 saturated heterocycles. The average Bonchev–Trinajstić information content (AvgIpc) is 2.94. The van der Waals surface area contributed by atoms with Crippen molar-refractivity contribution in [1.29, 1.82) is 0 Å². The fraction of sp³-hybridized carbons (Fsp3) is 0.448. The summed E-state index contributed by atoms with van der Waals surface area (Å²) in [5.74, 6) is 0.289. The van der Waals surface area contributed by atoms with Crippen molar-refractivity contribution in [2.24, 2.45) is 0 Å². The number of methoxy groups -OCH3 is 2. The van der Waals surface area contributed by atoms with E-state index in [0.29, 0.717) is 48.2 Å². The molecule has 1 unspecified atom stereocenters. The maximum atomic E-state index is 12.8. The Bertz CT molecular complexity index is 1050. The van der Waals surface area contributed by atoms with Crippen molar-refractivity contribution in [3.8, 4) is 17.2 Å². The summed E-state index contributed by atoms with van der Waals surface area (Å²) in [4.78, 5) is 24.2. The van der Waals surface area contributed by atoms with Crippen molar-refractivity contribution in [3.63, 3.8) is 0 Å². The minimum absolute atomic E-state index is 0.299. The molecule has 0 saturated carbocycles. The summed E-state index contributed by atoms with van der Waals surface area (Å²) in [6, 6.07) is 11.6. The second kappa shape index (κ2) is 16.7. The van der Waals surface area contributed by atoms with Crippen LogP contribution in [0.25, 0.3) is 6.08 Å². The van der Waals surface area contributed by atoms with Gasteiger partial charge in [0, 0.05) is 37.5 Å². The van der Waals surface area contributed by atoms with E-state index in [0.717, 1.165) is 19.3 Å². The van der Waals surface area contributed by atoms with Gasteiger partial charge in [0.15, 0.2) is 5.73 Å². The molecule has 2 aromatic rings. The zero-order chi connectivity index (χ0) is 28.7. The normalized spacial score (nSPS) is 12.3. The number of benzene rings is 2. The molecule has 0 bridgehead atoms. The van der Waals surface area contributed by atoms with Gasteiger partial charge < -0.3 is 32.2 Å². The van der Waals surface area contributed by atoms with Crippen LogP contribution in [0.3, 0.4) is 0 Å². The third-order valence-electron chi connectivity index (χ3n) is 5.63. The summed E-state index contributed by atoms with van der Waals surface area (Å²) in [5.41, 5.74) is 0.603. The lowest BCUT2D eigenvalue weighted by Crippen LogP contribution is -2.59. The molecule has 0 fully saturated rings. The molecule has 0 heterocycles. The minimum Gasteiger partial charge on any atom is -0.496 e. The van der Waals surface area contributed by atoms with Gasteiger partial charge in [0.25, 0.3) is 0 Å². The fourth-order valence-corrected chi connectivity index (χ4v) is 6.68. The van der Waals surface area contributed by atoms with Crippen LogP contribution in [0.4, 0.5) is 0 Å². The number of esters is 2. The predicted molar refractivity (Wildman–Crippen MR) is 150 cm³/mol. The quantitative estimate of drug-likeness (QED) is 0.106. The third kappa shape index (κ3) is 9.50. The largest absolute Gasteiger partial charge is 0.543 e. The number of carbonyl (C=O) groups is 2. The second-order valence-electron chi connectivity index (χ2n) is 8.33. The number of carbonyl (C=O) groups excluding carboxylic acids is 2. The minimum atomic E-state index is -3.12. The molecule has 2 aromatic carbocycles. The first-order valence-corrected chi connectivity index (χ1v) is 15.0. The van der Waals surface area contributed by atoms with Crippen LogP contribution >= 0.6 is 0 Å². The van der Waals surface area contributed by atoms with E-state index >= 15 is 0 Å². The maximum Gasteiger partial charge on any atom is 0.543 e. The zero-order valence-electron chi connectivity index (χ0n) is 23.7. The first kappa shape index (κ1) is 32.0. The van der Waals surface area contributed by atoms with Crippen molar-refractivity contribution in [2.45, 2.75) is 52.7 Å². The van der Waals surface area contributed by atoms with Gasteiger partial charge in [-0.15, -0.1) is 0 Å². The summed E-state index contributed by atoms with van der Waals surface area (Å²) >= 11 is 0. The second-order valence-corrected chi connectivity index (χ2v) is 11.0. The topological polar surface area (TPSA) is 98.8 Å². The molecule has 0 spiro atoms. The summed E-state index contributed by atoms with van der Waals surface area (Å²) in [6.45, 7) is 9.23. The smallest absolute Gasteiger partial charge is 0.496 e. The first-order chi connectivity index (χ1) is 18.9. The lowest BCUT2D eigenvalue weighted by molar-refractivity contribution is -0.134. The van der Waals surface area contributed by atoms with Gasteiger partial charge in [-0.3, -0.25) is 0 Å². The molecular weight excluding hydrogens is 520 g/mol. The van der Waals surface area contributed by atoms with Crippen molar-refractivity contribution in [3.05, 3.63) is 59.7 Å². The van der Waals surface area contributed by atoms with Crippen LogP contribution in [0, 0.1) is 0 Å². The SMILES string of the molecule is CCCCC(Oc1ccc(C(=O)Oc2ccc(/C=C/C(=O)OC)c(OC)c2)cc1)[Si](OCC)(OCC)OCC. The van der Waals surface area contributed by atoms with E-state index in [1.165, 1.54) is 20.3 Å². The molecule has 214 valence electrons. The van der Waals surface area contributed by atoms with Gasteiger partial charge in [-0.2, -0.15) is 0 Å². The van der Waals surface area contributed by atoms with Crippen LogP contribution < -0.4 is 14.2 Å². The molecule has 0 aliphatic heterocycles. The molecule has 0 amide bonds. The molecule has 2 rings (SSSR count). The number of ether oxygens (including phenoxy) is 4. The number of hydrogen-bond acceptors (Lipinski definition) is 9. The van der Waals surface area contributed by atoms with Gasteiger partial charge in [-0.25, -0.2) is 9.59 Å². The van der Waals surface area contributed by atoms with E-state index in [4.69, 9.17) is 27.5 Å².